The molecule has 0 unspecified atom stereocenters. The van der Waals surface area contributed by atoms with Gasteiger partial charge in [0, 0.05) is 17.5 Å². The summed E-state index contributed by atoms with van der Waals surface area (Å²) in [6.45, 7) is 2.21. The predicted molar refractivity (Wildman–Crippen MR) is 122 cm³/mol. The smallest absolute Gasteiger partial charge is 0.228 e. The molecular weight excluding hydrogens is 415 g/mol. The summed E-state index contributed by atoms with van der Waals surface area (Å²) in [7, 11) is 0. The minimum atomic E-state index is -1.67. The Kier molecular flexibility index (Phi) is 9.70. The van der Waals surface area contributed by atoms with Crippen LogP contribution < -0.4 is 10.6 Å². The molecule has 0 aliphatic heterocycles. The highest BCUT2D eigenvalue weighted by atomic mass is 35.6. The molecule has 2 N–H and O–H groups in total. The molecule has 1 amide bonds. The number of carbonyl (C=O) groups excluding carboxylic acids is 1. The third kappa shape index (κ3) is 7.69. The van der Waals surface area contributed by atoms with Crippen LogP contribution in [0.3, 0.4) is 0 Å². The van der Waals surface area contributed by atoms with Gasteiger partial charge in [-0.25, -0.2) is 0 Å². The van der Waals surface area contributed by atoms with Crippen molar-refractivity contribution in [3.8, 4) is 0 Å². The maximum atomic E-state index is 12.4. The summed E-state index contributed by atoms with van der Waals surface area (Å²) in [6.07, 6.45) is 7.70. The average Bonchev–Trinajstić information content (AvgIpc) is 2.66. The van der Waals surface area contributed by atoms with E-state index < -0.39 is 9.96 Å². The summed E-state index contributed by atoms with van der Waals surface area (Å²) in [5, 5.41) is 8.10. The number of carbonyl (C=O) groups is 1. The molecule has 6 heteroatoms. The van der Waals surface area contributed by atoms with Crippen molar-refractivity contribution in [2.45, 2.75) is 68.2 Å². The number of nitrogens with one attached hydrogen (secondary N) is 2. The van der Waals surface area contributed by atoms with E-state index in [9.17, 15) is 4.79 Å². The molecule has 1 atom stereocenters. The number of hydrogen-bond acceptors (Lipinski definition) is 2. The maximum Gasteiger partial charge on any atom is 0.228 e. The molecule has 0 fully saturated rings. The van der Waals surface area contributed by atoms with E-state index in [1.807, 2.05) is 42.5 Å². The van der Waals surface area contributed by atoms with E-state index in [1.165, 1.54) is 25.7 Å². The van der Waals surface area contributed by atoms with E-state index in [0.29, 0.717) is 6.42 Å². The lowest BCUT2D eigenvalue weighted by Gasteiger charge is -2.28. The zero-order valence-corrected chi connectivity index (χ0v) is 18.6. The fraction of sp³-hybridized carbons (Fsp3) is 0.500. The highest BCUT2D eigenvalue weighted by Crippen LogP contribution is 2.33. The number of rotatable bonds is 11. The van der Waals surface area contributed by atoms with Gasteiger partial charge in [-0.15, -0.1) is 0 Å². The standard InChI is InChI=1S/C22H29Cl3N2O/c1-2-3-4-5-6-7-8-16-20(28)27-21(22(23,24)25)26-19-15-11-13-17-12-9-10-14-18(17)19/h9-15,21,26H,2-8,16H2,1H3,(H,27,28)/t21-/m0/s1. The Balaban J connectivity index is 1.90. The largest absolute Gasteiger partial charge is 0.361 e. The summed E-state index contributed by atoms with van der Waals surface area (Å²) >= 11 is 18.4. The van der Waals surface area contributed by atoms with Crippen LogP contribution in [0.1, 0.15) is 58.3 Å². The van der Waals surface area contributed by atoms with Crippen LogP contribution in [0, 0.1) is 0 Å². The Labute approximate surface area is 183 Å². The first-order chi connectivity index (χ1) is 13.4. The highest BCUT2D eigenvalue weighted by molar-refractivity contribution is 6.68. The molecule has 0 aromatic heterocycles. The fourth-order valence-electron chi connectivity index (χ4n) is 3.18. The number of unbranched alkanes of at least 4 members (excludes halogenated alkanes) is 6. The van der Waals surface area contributed by atoms with Gasteiger partial charge in [-0.3, -0.25) is 4.79 Å². The van der Waals surface area contributed by atoms with Crippen LogP contribution in [-0.2, 0) is 4.79 Å². The number of hydrogen-bond donors (Lipinski definition) is 2. The highest BCUT2D eigenvalue weighted by Gasteiger charge is 2.34. The molecule has 2 aromatic rings. The number of fused-ring (bicyclic) bond motifs is 1. The fourth-order valence-corrected chi connectivity index (χ4v) is 3.51. The van der Waals surface area contributed by atoms with Gasteiger partial charge < -0.3 is 10.6 Å². The average molecular weight is 444 g/mol. The molecule has 2 rings (SSSR count). The van der Waals surface area contributed by atoms with Gasteiger partial charge in [0.2, 0.25) is 9.70 Å². The minimum Gasteiger partial charge on any atom is -0.361 e. The topological polar surface area (TPSA) is 41.1 Å². The number of alkyl halides is 3. The monoisotopic (exact) mass is 442 g/mol. The van der Waals surface area contributed by atoms with E-state index in [0.717, 1.165) is 35.7 Å². The zero-order chi connectivity index (χ0) is 20.4. The zero-order valence-electron chi connectivity index (χ0n) is 16.3. The first-order valence-electron chi connectivity index (χ1n) is 10.0. The summed E-state index contributed by atoms with van der Waals surface area (Å²) < 4.78 is -1.67. The van der Waals surface area contributed by atoms with Crippen molar-refractivity contribution in [1.82, 2.24) is 5.32 Å². The second kappa shape index (κ2) is 11.7. The molecule has 3 nitrogen and oxygen atoms in total. The van der Waals surface area contributed by atoms with E-state index in [-0.39, 0.29) is 5.91 Å². The summed E-state index contributed by atoms with van der Waals surface area (Å²) in [5.41, 5.74) is 0.811. The number of halogens is 3. The Morgan fingerprint density at radius 2 is 1.57 bits per heavy atom. The van der Waals surface area contributed by atoms with E-state index in [1.54, 1.807) is 0 Å². The Morgan fingerprint density at radius 1 is 0.929 bits per heavy atom. The lowest BCUT2D eigenvalue weighted by atomic mass is 10.1. The van der Waals surface area contributed by atoms with Gasteiger partial charge in [-0.2, -0.15) is 0 Å². The van der Waals surface area contributed by atoms with Gasteiger partial charge in [0.05, 0.1) is 0 Å². The number of amides is 1. The number of benzene rings is 2. The third-order valence-corrected chi connectivity index (χ3v) is 5.38. The molecule has 0 spiro atoms. The summed E-state index contributed by atoms with van der Waals surface area (Å²) in [5.74, 6) is -0.113. The van der Waals surface area contributed by atoms with Gasteiger partial charge in [-0.05, 0) is 17.9 Å². The summed E-state index contributed by atoms with van der Waals surface area (Å²) in [4.78, 5) is 12.4. The lowest BCUT2D eigenvalue weighted by Crippen LogP contribution is -2.49. The number of anilines is 1. The van der Waals surface area contributed by atoms with Crippen LogP contribution in [0.15, 0.2) is 42.5 Å². The molecule has 0 heterocycles. The molecule has 0 radical (unpaired) electrons. The van der Waals surface area contributed by atoms with Crippen molar-refractivity contribution in [3.63, 3.8) is 0 Å². The molecule has 0 bridgehead atoms. The second-order valence-corrected chi connectivity index (χ2v) is 9.45. The Hall–Kier alpha value is -1.16. The first kappa shape index (κ1) is 23.1. The molecular formula is C22H29Cl3N2O. The molecule has 0 saturated carbocycles. The van der Waals surface area contributed by atoms with Crippen molar-refractivity contribution < 1.29 is 4.79 Å². The van der Waals surface area contributed by atoms with Crippen molar-refractivity contribution in [2.24, 2.45) is 0 Å². The molecule has 154 valence electrons. The van der Waals surface area contributed by atoms with E-state index in [2.05, 4.69) is 17.6 Å². The van der Waals surface area contributed by atoms with Crippen LogP contribution >= 0.6 is 34.8 Å². The SMILES string of the molecule is CCCCCCCCCC(=O)N[C@H](Nc1cccc2ccccc12)C(Cl)(Cl)Cl. The van der Waals surface area contributed by atoms with Gasteiger partial charge in [0.25, 0.3) is 0 Å². The van der Waals surface area contributed by atoms with E-state index in [4.69, 9.17) is 34.8 Å². The quantitative estimate of drug-likeness (QED) is 0.219. The van der Waals surface area contributed by atoms with Crippen LogP contribution in [0.2, 0.25) is 0 Å². The van der Waals surface area contributed by atoms with E-state index >= 15 is 0 Å². The molecule has 2 aromatic carbocycles. The van der Waals surface area contributed by atoms with Crippen molar-refractivity contribution in [2.75, 3.05) is 5.32 Å². The first-order valence-corrected chi connectivity index (χ1v) is 11.2. The van der Waals surface area contributed by atoms with Crippen LogP contribution in [0.25, 0.3) is 10.8 Å². The van der Waals surface area contributed by atoms with Crippen LogP contribution in [0.5, 0.6) is 0 Å². The van der Waals surface area contributed by atoms with Gasteiger partial charge >= 0.3 is 0 Å². The normalized spacial score (nSPS) is 12.7. The minimum absolute atomic E-state index is 0.113. The van der Waals surface area contributed by atoms with Crippen molar-refractivity contribution >= 4 is 57.2 Å². The molecule has 0 saturated heterocycles. The van der Waals surface area contributed by atoms with Gasteiger partial charge in [-0.1, -0.05) is 117 Å². The maximum absolute atomic E-state index is 12.4. The van der Waals surface area contributed by atoms with Gasteiger partial charge in [0.1, 0.15) is 6.17 Å². The molecule has 0 aliphatic rings. The lowest BCUT2D eigenvalue weighted by molar-refractivity contribution is -0.121. The van der Waals surface area contributed by atoms with Crippen LogP contribution in [-0.4, -0.2) is 15.9 Å². The predicted octanol–water partition coefficient (Wildman–Crippen LogP) is 7.20. The Morgan fingerprint density at radius 3 is 2.29 bits per heavy atom. The molecule has 0 aliphatic carbocycles. The van der Waals surface area contributed by atoms with Crippen molar-refractivity contribution in [1.29, 1.82) is 0 Å². The van der Waals surface area contributed by atoms with Crippen LogP contribution in [0.4, 0.5) is 5.69 Å². The third-order valence-electron chi connectivity index (χ3n) is 4.73. The molecule has 28 heavy (non-hydrogen) atoms. The van der Waals surface area contributed by atoms with Crippen molar-refractivity contribution in [3.05, 3.63) is 42.5 Å². The summed E-state index contributed by atoms with van der Waals surface area (Å²) in [6, 6.07) is 13.8. The Bertz CT molecular complexity index is 741. The van der Waals surface area contributed by atoms with Gasteiger partial charge in [0.15, 0.2) is 0 Å². The second-order valence-electron chi connectivity index (χ2n) is 7.08.